The number of nitriles is 1. The molecule has 118 valence electrons. The summed E-state index contributed by atoms with van der Waals surface area (Å²) in [4.78, 5) is 11.4. The van der Waals surface area contributed by atoms with Crippen molar-refractivity contribution in [3.8, 4) is 17.6 Å². The Bertz CT molecular complexity index is 895. The van der Waals surface area contributed by atoms with Gasteiger partial charge in [0.05, 0.1) is 17.2 Å². The largest absolute Gasteiger partial charge is 0.490 e. The van der Waals surface area contributed by atoms with Crippen molar-refractivity contribution in [3.63, 3.8) is 0 Å². The van der Waals surface area contributed by atoms with Crippen molar-refractivity contribution in [1.29, 1.82) is 5.26 Å². The Kier molecular flexibility index (Phi) is 4.73. The molecule has 0 aliphatic carbocycles. The van der Waals surface area contributed by atoms with Gasteiger partial charge in [-0.2, -0.15) is 5.26 Å². The van der Waals surface area contributed by atoms with Crippen molar-refractivity contribution >= 4 is 17.1 Å². The highest BCUT2D eigenvalue weighted by molar-refractivity contribution is 6.00. The smallest absolute Gasteiger partial charge is 0.154 e. The molecule has 0 radical (unpaired) electrons. The highest BCUT2D eigenvalue weighted by Crippen LogP contribution is 2.26. The van der Waals surface area contributed by atoms with Crippen molar-refractivity contribution in [2.75, 3.05) is 13.2 Å². The first-order valence-electron chi connectivity index (χ1n) is 7.54. The number of rotatable bonds is 6. The van der Waals surface area contributed by atoms with E-state index in [1.165, 1.54) is 0 Å². The molecular weight excluding hydrogens is 302 g/mol. The third-order valence-corrected chi connectivity index (χ3v) is 3.64. The molecule has 0 amide bonds. The number of benzene rings is 3. The van der Waals surface area contributed by atoms with Gasteiger partial charge in [0, 0.05) is 0 Å². The Morgan fingerprint density at radius 1 is 0.917 bits per heavy atom. The van der Waals surface area contributed by atoms with Crippen molar-refractivity contribution in [1.82, 2.24) is 0 Å². The lowest BCUT2D eigenvalue weighted by molar-refractivity contribution is 0.112. The molecule has 0 heterocycles. The summed E-state index contributed by atoms with van der Waals surface area (Å²) in [7, 11) is 0. The van der Waals surface area contributed by atoms with Crippen LogP contribution < -0.4 is 9.47 Å². The molecule has 0 unspecified atom stereocenters. The molecule has 0 saturated carbocycles. The maximum Gasteiger partial charge on any atom is 0.154 e. The molecular formula is C20H15NO3. The van der Waals surface area contributed by atoms with Gasteiger partial charge in [0.2, 0.25) is 0 Å². The lowest BCUT2D eigenvalue weighted by atomic mass is 10.0. The van der Waals surface area contributed by atoms with Crippen molar-refractivity contribution in [3.05, 3.63) is 71.8 Å². The van der Waals surface area contributed by atoms with E-state index in [2.05, 4.69) is 6.07 Å². The standard InChI is InChI=1S/C20H15NO3/c21-13-15-5-8-17(9-6-15)23-11-12-24-20-10-7-16-3-1-2-4-18(16)19(20)14-22/h1-10,14H,11-12H2. The average Bonchev–Trinajstić information content (AvgIpc) is 2.65. The molecule has 0 fully saturated rings. The van der Waals surface area contributed by atoms with Crippen LogP contribution in [0.5, 0.6) is 11.5 Å². The van der Waals surface area contributed by atoms with Gasteiger partial charge >= 0.3 is 0 Å². The number of ether oxygens (including phenoxy) is 2. The molecule has 0 aliphatic rings. The lowest BCUT2D eigenvalue weighted by Gasteiger charge is -2.11. The predicted octanol–water partition coefficient (Wildman–Crippen LogP) is 3.98. The van der Waals surface area contributed by atoms with Crippen LogP contribution >= 0.6 is 0 Å². The second-order valence-electron chi connectivity index (χ2n) is 5.15. The van der Waals surface area contributed by atoms with Crippen LogP contribution in [0.25, 0.3) is 10.8 Å². The van der Waals surface area contributed by atoms with Crippen LogP contribution in [0.1, 0.15) is 15.9 Å². The van der Waals surface area contributed by atoms with E-state index in [1.54, 1.807) is 30.3 Å². The summed E-state index contributed by atoms with van der Waals surface area (Å²) in [6.45, 7) is 0.663. The molecule has 0 N–H and O–H groups in total. The molecule has 4 nitrogen and oxygen atoms in total. The second-order valence-corrected chi connectivity index (χ2v) is 5.15. The number of carbonyl (C=O) groups is 1. The Hall–Kier alpha value is -3.32. The second kappa shape index (κ2) is 7.30. The fourth-order valence-electron chi connectivity index (χ4n) is 2.46. The van der Waals surface area contributed by atoms with Crippen LogP contribution in [0.4, 0.5) is 0 Å². The van der Waals surface area contributed by atoms with Crippen LogP contribution in [0, 0.1) is 11.3 Å². The first-order chi connectivity index (χ1) is 11.8. The molecule has 4 heteroatoms. The van der Waals surface area contributed by atoms with E-state index in [4.69, 9.17) is 14.7 Å². The van der Waals surface area contributed by atoms with Crippen LogP contribution in [0.3, 0.4) is 0 Å². The van der Waals surface area contributed by atoms with Gasteiger partial charge in [-0.05, 0) is 41.1 Å². The molecule has 0 saturated heterocycles. The van der Waals surface area contributed by atoms with Gasteiger partial charge in [-0.15, -0.1) is 0 Å². The lowest BCUT2D eigenvalue weighted by Crippen LogP contribution is -2.10. The Morgan fingerprint density at radius 2 is 1.67 bits per heavy atom. The molecule has 3 aromatic rings. The van der Waals surface area contributed by atoms with Gasteiger partial charge in [-0.1, -0.05) is 30.3 Å². The van der Waals surface area contributed by atoms with E-state index in [9.17, 15) is 4.79 Å². The maximum atomic E-state index is 11.4. The summed E-state index contributed by atoms with van der Waals surface area (Å²) in [5, 5.41) is 10.6. The topological polar surface area (TPSA) is 59.3 Å². The van der Waals surface area contributed by atoms with E-state index in [-0.39, 0.29) is 0 Å². The van der Waals surface area contributed by atoms with Crippen LogP contribution in [-0.4, -0.2) is 19.5 Å². The van der Waals surface area contributed by atoms with E-state index >= 15 is 0 Å². The van der Waals surface area contributed by atoms with Crippen molar-refractivity contribution in [2.24, 2.45) is 0 Å². The van der Waals surface area contributed by atoms with Gasteiger partial charge in [0.1, 0.15) is 24.7 Å². The Balaban J connectivity index is 1.63. The zero-order valence-electron chi connectivity index (χ0n) is 12.9. The van der Waals surface area contributed by atoms with Crippen LogP contribution in [0.2, 0.25) is 0 Å². The molecule has 24 heavy (non-hydrogen) atoms. The minimum atomic E-state index is 0.319. The number of aldehydes is 1. The van der Waals surface area contributed by atoms with Crippen LogP contribution in [0.15, 0.2) is 60.7 Å². The average molecular weight is 317 g/mol. The van der Waals surface area contributed by atoms with Gasteiger partial charge in [0.25, 0.3) is 0 Å². The number of carbonyl (C=O) groups excluding carboxylic acids is 1. The zero-order chi connectivity index (χ0) is 16.8. The molecule has 0 spiro atoms. The van der Waals surface area contributed by atoms with Crippen molar-refractivity contribution < 1.29 is 14.3 Å². The molecule has 0 aliphatic heterocycles. The fourth-order valence-corrected chi connectivity index (χ4v) is 2.46. The van der Waals surface area contributed by atoms with E-state index in [0.29, 0.717) is 35.8 Å². The van der Waals surface area contributed by atoms with E-state index < -0.39 is 0 Å². The molecule has 0 atom stereocenters. The summed E-state index contributed by atoms with van der Waals surface area (Å²) in [5.41, 5.74) is 1.14. The number of hydrogen-bond acceptors (Lipinski definition) is 4. The first-order valence-corrected chi connectivity index (χ1v) is 7.54. The van der Waals surface area contributed by atoms with Gasteiger partial charge < -0.3 is 9.47 Å². The minimum absolute atomic E-state index is 0.319. The van der Waals surface area contributed by atoms with Crippen LogP contribution in [-0.2, 0) is 0 Å². The zero-order valence-corrected chi connectivity index (χ0v) is 12.9. The third-order valence-electron chi connectivity index (χ3n) is 3.64. The quantitative estimate of drug-likeness (QED) is 0.509. The highest BCUT2D eigenvalue weighted by atomic mass is 16.5. The molecule has 3 rings (SSSR count). The SMILES string of the molecule is N#Cc1ccc(OCCOc2ccc3ccccc3c2C=O)cc1. The monoisotopic (exact) mass is 317 g/mol. The minimum Gasteiger partial charge on any atom is -0.490 e. The third kappa shape index (κ3) is 3.36. The van der Waals surface area contributed by atoms with Gasteiger partial charge in [-0.25, -0.2) is 0 Å². The van der Waals surface area contributed by atoms with Crippen molar-refractivity contribution in [2.45, 2.75) is 0 Å². The summed E-state index contributed by atoms with van der Waals surface area (Å²) >= 11 is 0. The van der Waals surface area contributed by atoms with E-state index in [1.807, 2.05) is 30.3 Å². The Morgan fingerprint density at radius 3 is 2.42 bits per heavy atom. The predicted molar refractivity (Wildman–Crippen MR) is 91.5 cm³/mol. The van der Waals surface area contributed by atoms with Gasteiger partial charge in [-0.3, -0.25) is 4.79 Å². The fraction of sp³-hybridized carbons (Fsp3) is 0.100. The Labute approximate surface area is 139 Å². The molecule has 0 aromatic heterocycles. The normalized spacial score (nSPS) is 10.1. The van der Waals surface area contributed by atoms with E-state index in [0.717, 1.165) is 17.1 Å². The summed E-state index contributed by atoms with van der Waals surface area (Å²) in [6.07, 6.45) is 0.819. The van der Waals surface area contributed by atoms with Gasteiger partial charge in [0.15, 0.2) is 6.29 Å². The maximum absolute atomic E-state index is 11.4. The molecule has 3 aromatic carbocycles. The number of fused-ring (bicyclic) bond motifs is 1. The number of nitrogens with zero attached hydrogens (tertiary/aromatic N) is 1. The highest BCUT2D eigenvalue weighted by Gasteiger charge is 2.07. The summed E-state index contributed by atoms with van der Waals surface area (Å²) in [6, 6.07) is 20.4. The molecule has 0 bridgehead atoms. The summed E-state index contributed by atoms with van der Waals surface area (Å²) < 4.78 is 11.3. The first kappa shape index (κ1) is 15.6. The number of hydrogen-bond donors (Lipinski definition) is 0. The summed E-state index contributed by atoms with van der Waals surface area (Å²) in [5.74, 6) is 1.22.